The van der Waals surface area contributed by atoms with E-state index in [9.17, 15) is 0 Å². The molecule has 1 aromatic heterocycles. The molecule has 0 fully saturated rings. The van der Waals surface area contributed by atoms with Crippen molar-refractivity contribution in [3.63, 3.8) is 0 Å². The molecule has 0 unspecified atom stereocenters. The van der Waals surface area contributed by atoms with Gasteiger partial charge < -0.3 is 10.1 Å². The van der Waals surface area contributed by atoms with E-state index in [-0.39, 0.29) is 0 Å². The van der Waals surface area contributed by atoms with Gasteiger partial charge in [0.05, 0.1) is 12.3 Å². The van der Waals surface area contributed by atoms with E-state index in [1.165, 1.54) is 5.57 Å². The maximum Gasteiger partial charge on any atom is 0.0664 e. The molecule has 0 spiro atoms. The van der Waals surface area contributed by atoms with Gasteiger partial charge in [-0.25, -0.2) is 0 Å². The second-order valence-corrected chi connectivity index (χ2v) is 5.14. The maximum atomic E-state index is 4.98. The fourth-order valence-corrected chi connectivity index (χ4v) is 1.84. The number of nitrogens with zero attached hydrogens (tertiary/aromatic N) is 2. The van der Waals surface area contributed by atoms with Crippen LogP contribution in [0.3, 0.4) is 0 Å². The smallest absolute Gasteiger partial charge is 0.0664 e. The summed E-state index contributed by atoms with van der Waals surface area (Å²) in [7, 11) is 1.72. The van der Waals surface area contributed by atoms with Crippen molar-refractivity contribution in [2.45, 2.75) is 39.7 Å². The number of hydrogen-bond donors (Lipinski definition) is 1. The fraction of sp³-hybridized carbons (Fsp3) is 0.667. The van der Waals surface area contributed by atoms with E-state index in [1.807, 2.05) is 4.68 Å². The summed E-state index contributed by atoms with van der Waals surface area (Å²) >= 11 is 0. The zero-order chi connectivity index (χ0) is 14.1. The Bertz CT molecular complexity index is 382. The second-order valence-electron chi connectivity index (χ2n) is 5.14. The first-order chi connectivity index (χ1) is 9.13. The number of allylic oxidation sites excluding steroid dienone is 1. The normalized spacial score (nSPS) is 12.4. The summed E-state index contributed by atoms with van der Waals surface area (Å²) in [4.78, 5) is 0. The Morgan fingerprint density at radius 2 is 2.26 bits per heavy atom. The third-order valence-corrected chi connectivity index (χ3v) is 2.95. The zero-order valence-corrected chi connectivity index (χ0v) is 12.6. The van der Waals surface area contributed by atoms with Crippen LogP contribution >= 0.6 is 0 Å². The van der Waals surface area contributed by atoms with Gasteiger partial charge in [0.25, 0.3) is 0 Å². The molecule has 1 aromatic rings. The highest BCUT2D eigenvalue weighted by Crippen LogP contribution is 2.09. The van der Waals surface area contributed by atoms with E-state index in [0.717, 1.165) is 38.2 Å². The van der Waals surface area contributed by atoms with Gasteiger partial charge in [-0.2, -0.15) is 5.10 Å². The molecule has 19 heavy (non-hydrogen) atoms. The SMILES string of the molecule is COCCNCCC=C(C)Cc1ccn(C(C)C)n1. The molecule has 108 valence electrons. The number of hydrogen-bond acceptors (Lipinski definition) is 3. The van der Waals surface area contributed by atoms with Gasteiger partial charge in [-0.3, -0.25) is 4.68 Å². The van der Waals surface area contributed by atoms with Crippen molar-refractivity contribution >= 4 is 0 Å². The van der Waals surface area contributed by atoms with Crippen LogP contribution in [-0.4, -0.2) is 36.6 Å². The van der Waals surface area contributed by atoms with Crippen LogP contribution in [-0.2, 0) is 11.2 Å². The van der Waals surface area contributed by atoms with Crippen molar-refractivity contribution in [1.29, 1.82) is 0 Å². The minimum atomic E-state index is 0.433. The molecule has 1 N–H and O–H groups in total. The molecular weight excluding hydrogens is 238 g/mol. The molecule has 4 heteroatoms. The zero-order valence-electron chi connectivity index (χ0n) is 12.6. The number of aromatic nitrogens is 2. The van der Waals surface area contributed by atoms with Gasteiger partial charge in [0.15, 0.2) is 0 Å². The lowest BCUT2D eigenvalue weighted by atomic mass is 10.1. The van der Waals surface area contributed by atoms with Crippen molar-refractivity contribution in [2.24, 2.45) is 0 Å². The summed E-state index contributed by atoms with van der Waals surface area (Å²) in [6.45, 7) is 9.15. The summed E-state index contributed by atoms with van der Waals surface area (Å²) in [5, 5.41) is 7.90. The molecule has 0 bridgehead atoms. The van der Waals surface area contributed by atoms with Gasteiger partial charge in [-0.05, 0) is 39.8 Å². The third kappa shape index (κ3) is 6.55. The van der Waals surface area contributed by atoms with Crippen LogP contribution in [0.5, 0.6) is 0 Å². The van der Waals surface area contributed by atoms with Crippen molar-refractivity contribution in [3.8, 4) is 0 Å². The predicted molar refractivity (Wildman–Crippen MR) is 79.4 cm³/mol. The van der Waals surface area contributed by atoms with Gasteiger partial charge in [0.1, 0.15) is 0 Å². The largest absolute Gasteiger partial charge is 0.383 e. The molecule has 0 radical (unpaired) electrons. The Hall–Kier alpha value is -1.13. The van der Waals surface area contributed by atoms with Gasteiger partial charge in [0.2, 0.25) is 0 Å². The highest BCUT2D eigenvalue weighted by Gasteiger charge is 2.02. The summed E-state index contributed by atoms with van der Waals surface area (Å²) in [5.74, 6) is 0. The Kier molecular flexibility index (Phi) is 7.45. The fourth-order valence-electron chi connectivity index (χ4n) is 1.84. The Balaban J connectivity index is 2.26. The molecule has 0 aliphatic heterocycles. The number of rotatable bonds is 9. The molecule has 1 rings (SSSR count). The summed E-state index contributed by atoms with van der Waals surface area (Å²) in [5.41, 5.74) is 2.53. The molecule has 0 aromatic carbocycles. The number of methoxy groups -OCH3 is 1. The van der Waals surface area contributed by atoms with Gasteiger partial charge in [-0.1, -0.05) is 11.6 Å². The summed E-state index contributed by atoms with van der Waals surface area (Å²) in [6.07, 6.45) is 6.34. The van der Waals surface area contributed by atoms with E-state index in [1.54, 1.807) is 7.11 Å². The Labute approximate surface area is 116 Å². The average molecular weight is 265 g/mol. The molecule has 0 amide bonds. The lowest BCUT2D eigenvalue weighted by Gasteiger charge is -2.04. The Morgan fingerprint density at radius 1 is 1.47 bits per heavy atom. The van der Waals surface area contributed by atoms with Crippen molar-refractivity contribution in [1.82, 2.24) is 15.1 Å². The van der Waals surface area contributed by atoms with Crippen LogP contribution in [0.15, 0.2) is 23.9 Å². The van der Waals surface area contributed by atoms with Crippen LogP contribution < -0.4 is 5.32 Å². The topological polar surface area (TPSA) is 39.1 Å². The first-order valence-corrected chi connectivity index (χ1v) is 7.02. The van der Waals surface area contributed by atoms with Crippen LogP contribution in [0.25, 0.3) is 0 Å². The van der Waals surface area contributed by atoms with Gasteiger partial charge >= 0.3 is 0 Å². The van der Waals surface area contributed by atoms with Gasteiger partial charge in [-0.15, -0.1) is 0 Å². The monoisotopic (exact) mass is 265 g/mol. The van der Waals surface area contributed by atoms with Crippen molar-refractivity contribution < 1.29 is 4.74 Å². The second kappa shape index (κ2) is 8.88. The average Bonchev–Trinajstić information content (AvgIpc) is 2.82. The minimum Gasteiger partial charge on any atom is -0.383 e. The molecular formula is C15H27N3O. The van der Waals surface area contributed by atoms with E-state index >= 15 is 0 Å². The molecule has 0 aliphatic carbocycles. The number of ether oxygens (including phenoxy) is 1. The van der Waals surface area contributed by atoms with E-state index in [0.29, 0.717) is 6.04 Å². The number of nitrogens with one attached hydrogen (secondary N) is 1. The highest BCUT2D eigenvalue weighted by atomic mass is 16.5. The molecule has 0 saturated heterocycles. The molecule has 0 saturated carbocycles. The van der Waals surface area contributed by atoms with Crippen LogP contribution in [0, 0.1) is 0 Å². The van der Waals surface area contributed by atoms with Crippen LogP contribution in [0.2, 0.25) is 0 Å². The molecule has 0 atom stereocenters. The standard InChI is InChI=1S/C15H27N3O/c1-13(2)18-10-7-15(17-18)12-14(3)6-5-8-16-9-11-19-4/h6-7,10,13,16H,5,8-9,11-12H2,1-4H3. The van der Waals surface area contributed by atoms with E-state index < -0.39 is 0 Å². The summed E-state index contributed by atoms with van der Waals surface area (Å²) in [6, 6.07) is 2.54. The quantitative estimate of drug-likeness (QED) is 0.551. The first-order valence-electron chi connectivity index (χ1n) is 7.02. The molecule has 0 aliphatic rings. The van der Waals surface area contributed by atoms with E-state index in [4.69, 9.17) is 4.74 Å². The summed E-state index contributed by atoms with van der Waals surface area (Å²) < 4.78 is 6.99. The molecule has 4 nitrogen and oxygen atoms in total. The molecule has 1 heterocycles. The van der Waals surface area contributed by atoms with Crippen LogP contribution in [0.4, 0.5) is 0 Å². The lowest BCUT2D eigenvalue weighted by Crippen LogP contribution is -2.19. The van der Waals surface area contributed by atoms with Crippen molar-refractivity contribution in [2.75, 3.05) is 26.8 Å². The highest BCUT2D eigenvalue weighted by molar-refractivity contribution is 5.12. The lowest BCUT2D eigenvalue weighted by molar-refractivity contribution is 0.199. The predicted octanol–water partition coefficient (Wildman–Crippen LogP) is 2.58. The maximum absolute atomic E-state index is 4.98. The third-order valence-electron chi connectivity index (χ3n) is 2.95. The Morgan fingerprint density at radius 3 is 2.89 bits per heavy atom. The van der Waals surface area contributed by atoms with Crippen LogP contribution in [0.1, 0.15) is 38.9 Å². The van der Waals surface area contributed by atoms with Crippen molar-refractivity contribution in [3.05, 3.63) is 29.6 Å². The van der Waals surface area contributed by atoms with E-state index in [2.05, 4.69) is 49.5 Å². The first kappa shape index (κ1) is 15.9. The minimum absolute atomic E-state index is 0.433. The van der Waals surface area contributed by atoms with Gasteiger partial charge in [0, 0.05) is 32.3 Å².